The van der Waals surface area contributed by atoms with Crippen molar-refractivity contribution >= 4 is 31.2 Å². The molecule has 1 aromatic rings. The molecule has 1 saturated heterocycles. The molecule has 1 heterocycles. The highest BCUT2D eigenvalue weighted by atomic mass is 31.2. The van der Waals surface area contributed by atoms with E-state index in [-0.39, 0.29) is 24.1 Å². The van der Waals surface area contributed by atoms with Crippen molar-refractivity contribution in [2.45, 2.75) is 39.7 Å². The summed E-state index contributed by atoms with van der Waals surface area (Å²) in [7, 11) is -1.87. The molecule has 0 N–H and O–H groups in total. The van der Waals surface area contributed by atoms with Gasteiger partial charge in [-0.25, -0.2) is 4.79 Å². The number of carbonyl (C=O) groups is 3. The number of methoxy groups -OCH3 is 1. The third-order valence-corrected chi connectivity index (χ3v) is 6.36. The molecule has 0 spiro atoms. The SMILES string of the molecule is CCOP(=Nc1ccccc1C(=O)N1C(=O)CC[C@H]1C(=O)OC)(OCC)OCC. The minimum Gasteiger partial charge on any atom is -0.467 e. The second-order valence-corrected chi connectivity index (χ2v) is 7.90. The quantitative estimate of drug-likeness (QED) is 0.337. The predicted octanol–water partition coefficient (Wildman–Crippen LogP) is 3.68. The molecule has 1 atom stereocenters. The lowest BCUT2D eigenvalue weighted by molar-refractivity contribution is -0.147. The Kier molecular flexibility index (Phi) is 8.52. The summed E-state index contributed by atoms with van der Waals surface area (Å²) in [5.74, 6) is -1.68. The molecule has 2 amide bonds. The van der Waals surface area contributed by atoms with Gasteiger partial charge in [0.05, 0.1) is 38.2 Å². The Hall–Kier alpha value is -2.06. The first-order valence-corrected chi connectivity index (χ1v) is 11.0. The third-order valence-electron chi connectivity index (χ3n) is 4.15. The zero-order valence-electron chi connectivity index (χ0n) is 17.1. The van der Waals surface area contributed by atoms with Crippen LogP contribution in [-0.2, 0) is 27.9 Å². The Balaban J connectivity index is 2.52. The number of amides is 2. The molecule has 9 nitrogen and oxygen atoms in total. The highest BCUT2D eigenvalue weighted by Gasteiger charge is 2.42. The van der Waals surface area contributed by atoms with Gasteiger partial charge in [0.2, 0.25) is 5.91 Å². The van der Waals surface area contributed by atoms with Gasteiger partial charge in [0.15, 0.2) is 0 Å². The lowest BCUT2D eigenvalue weighted by Crippen LogP contribution is -2.43. The summed E-state index contributed by atoms with van der Waals surface area (Å²) in [6, 6.07) is 5.57. The average Bonchev–Trinajstić information content (AvgIpc) is 3.09. The van der Waals surface area contributed by atoms with Gasteiger partial charge in [-0.05, 0) is 39.3 Å². The second-order valence-electron chi connectivity index (χ2n) is 5.99. The van der Waals surface area contributed by atoms with Crippen LogP contribution in [0.15, 0.2) is 29.0 Å². The first-order chi connectivity index (χ1) is 13.9. The van der Waals surface area contributed by atoms with Crippen molar-refractivity contribution in [3.8, 4) is 0 Å². The zero-order chi connectivity index (χ0) is 21.4. The van der Waals surface area contributed by atoms with Crippen LogP contribution in [0.5, 0.6) is 0 Å². The molecule has 0 unspecified atom stereocenters. The fourth-order valence-electron chi connectivity index (χ4n) is 2.99. The number of carbonyl (C=O) groups excluding carboxylic acids is 3. The molecule has 2 rings (SSSR count). The summed E-state index contributed by atoms with van der Waals surface area (Å²) in [6.45, 7) is 6.31. The Morgan fingerprint density at radius 3 is 2.24 bits per heavy atom. The van der Waals surface area contributed by atoms with Crippen LogP contribution in [-0.4, -0.2) is 55.7 Å². The standard InChI is InChI=1S/C19H27N2O7P/c1-5-26-29(27-6-2,28-7-3)20-15-11-9-8-10-14(15)18(23)21-16(19(24)25-4)12-13-17(21)22/h8-11,16H,5-7,12-13H2,1-4H3/t16-/m0/s1. The maximum atomic E-state index is 13.2. The van der Waals surface area contributed by atoms with Crippen LogP contribution in [0.1, 0.15) is 44.0 Å². The molecule has 160 valence electrons. The Bertz CT molecular complexity index is 788. The maximum Gasteiger partial charge on any atom is 0.360 e. The number of hydrogen-bond donors (Lipinski definition) is 0. The van der Waals surface area contributed by atoms with Crippen LogP contribution in [0.2, 0.25) is 0 Å². The minimum atomic E-state index is -3.09. The normalized spacial score (nSPS) is 16.8. The number of nitrogens with zero attached hydrogens (tertiary/aromatic N) is 2. The van der Waals surface area contributed by atoms with E-state index in [4.69, 9.17) is 18.3 Å². The summed E-state index contributed by atoms with van der Waals surface area (Å²) < 4.78 is 26.4. The molecular weight excluding hydrogens is 399 g/mol. The second kappa shape index (κ2) is 10.6. The molecule has 1 fully saturated rings. The molecule has 0 aromatic heterocycles. The first kappa shape index (κ1) is 23.2. The third kappa shape index (κ3) is 5.30. The smallest absolute Gasteiger partial charge is 0.360 e. The van der Waals surface area contributed by atoms with Crippen molar-refractivity contribution in [2.24, 2.45) is 4.74 Å². The van der Waals surface area contributed by atoms with Gasteiger partial charge in [0.25, 0.3) is 5.91 Å². The molecule has 0 saturated carbocycles. The van der Waals surface area contributed by atoms with Gasteiger partial charge in [-0.2, -0.15) is 4.74 Å². The van der Waals surface area contributed by atoms with Gasteiger partial charge in [-0.15, -0.1) is 0 Å². The van der Waals surface area contributed by atoms with Crippen LogP contribution < -0.4 is 0 Å². The van der Waals surface area contributed by atoms with E-state index in [1.54, 1.807) is 45.0 Å². The highest BCUT2D eigenvalue weighted by Crippen LogP contribution is 2.55. The Morgan fingerprint density at radius 1 is 1.10 bits per heavy atom. The lowest BCUT2D eigenvalue weighted by Gasteiger charge is -2.24. The van der Waals surface area contributed by atoms with Gasteiger partial charge in [-0.1, -0.05) is 12.1 Å². The predicted molar refractivity (Wildman–Crippen MR) is 107 cm³/mol. The fraction of sp³-hybridized carbons (Fsp3) is 0.526. The summed E-state index contributed by atoms with van der Waals surface area (Å²) >= 11 is 0. The molecule has 29 heavy (non-hydrogen) atoms. The van der Waals surface area contributed by atoms with Crippen LogP contribution >= 0.6 is 7.74 Å². The summed E-state index contributed by atoms with van der Waals surface area (Å²) in [5, 5.41) is 0. The van der Waals surface area contributed by atoms with E-state index in [1.807, 2.05) is 0 Å². The molecule has 0 aliphatic carbocycles. The van der Waals surface area contributed by atoms with E-state index < -0.39 is 31.6 Å². The number of hydrogen-bond acceptors (Lipinski definition) is 8. The molecule has 1 aliphatic heterocycles. The van der Waals surface area contributed by atoms with Gasteiger partial charge < -0.3 is 18.3 Å². The molecule has 0 bridgehead atoms. The van der Waals surface area contributed by atoms with Gasteiger partial charge in [-0.3, -0.25) is 14.5 Å². The summed E-state index contributed by atoms with van der Waals surface area (Å²) in [4.78, 5) is 38.5. The molecule has 1 aliphatic rings. The van der Waals surface area contributed by atoms with E-state index in [0.717, 1.165) is 4.90 Å². The minimum absolute atomic E-state index is 0.0958. The van der Waals surface area contributed by atoms with E-state index in [9.17, 15) is 14.4 Å². The van der Waals surface area contributed by atoms with E-state index in [0.29, 0.717) is 19.8 Å². The van der Waals surface area contributed by atoms with Gasteiger partial charge in [0.1, 0.15) is 6.04 Å². The van der Waals surface area contributed by atoms with Crippen molar-refractivity contribution in [3.63, 3.8) is 0 Å². The Morgan fingerprint density at radius 2 is 1.69 bits per heavy atom. The van der Waals surface area contributed by atoms with Crippen LogP contribution in [0.3, 0.4) is 0 Å². The first-order valence-electron chi connectivity index (χ1n) is 9.52. The van der Waals surface area contributed by atoms with E-state index >= 15 is 0 Å². The van der Waals surface area contributed by atoms with Crippen molar-refractivity contribution in [1.29, 1.82) is 0 Å². The van der Waals surface area contributed by atoms with Crippen molar-refractivity contribution < 1.29 is 32.7 Å². The molecule has 1 aromatic carbocycles. The topological polar surface area (TPSA) is 104 Å². The van der Waals surface area contributed by atoms with Crippen molar-refractivity contribution in [1.82, 2.24) is 4.90 Å². The molecule has 10 heteroatoms. The fourth-order valence-corrected chi connectivity index (χ4v) is 4.80. The number of ether oxygens (including phenoxy) is 1. The van der Waals surface area contributed by atoms with Gasteiger partial charge in [0, 0.05) is 6.42 Å². The average molecular weight is 426 g/mol. The van der Waals surface area contributed by atoms with E-state index in [1.165, 1.54) is 7.11 Å². The number of benzene rings is 1. The Labute approximate surface area is 170 Å². The van der Waals surface area contributed by atoms with E-state index in [2.05, 4.69) is 4.74 Å². The number of rotatable bonds is 9. The summed E-state index contributed by atoms with van der Waals surface area (Å²) in [5.41, 5.74) is 0.421. The van der Waals surface area contributed by atoms with Crippen LogP contribution in [0.25, 0.3) is 0 Å². The maximum absolute atomic E-state index is 13.2. The number of imide groups is 1. The van der Waals surface area contributed by atoms with Gasteiger partial charge >= 0.3 is 13.7 Å². The lowest BCUT2D eigenvalue weighted by atomic mass is 10.1. The monoisotopic (exact) mass is 426 g/mol. The zero-order valence-corrected chi connectivity index (χ0v) is 18.0. The number of esters is 1. The van der Waals surface area contributed by atoms with Crippen LogP contribution in [0.4, 0.5) is 5.69 Å². The molecular formula is C19H27N2O7P. The van der Waals surface area contributed by atoms with Crippen molar-refractivity contribution in [2.75, 3.05) is 26.9 Å². The number of likely N-dealkylation sites (tertiary alicyclic amines) is 1. The molecule has 0 radical (unpaired) electrons. The highest BCUT2D eigenvalue weighted by molar-refractivity contribution is 7.51. The largest absolute Gasteiger partial charge is 0.467 e. The van der Waals surface area contributed by atoms with Crippen LogP contribution in [0, 0.1) is 0 Å². The van der Waals surface area contributed by atoms with Crippen molar-refractivity contribution in [3.05, 3.63) is 29.8 Å². The summed E-state index contributed by atoms with van der Waals surface area (Å²) in [6.07, 6.45) is 0.322.